The molecule has 0 unspecified atom stereocenters. The topological polar surface area (TPSA) is 81.2 Å². The van der Waals surface area contributed by atoms with Crippen molar-refractivity contribution in [2.24, 2.45) is 0 Å². The molecule has 0 aliphatic heterocycles. The van der Waals surface area contributed by atoms with Crippen molar-refractivity contribution in [3.05, 3.63) is 54.1 Å². The predicted octanol–water partition coefficient (Wildman–Crippen LogP) is 4.00. The zero-order valence-corrected chi connectivity index (χ0v) is 16.2. The molecule has 0 saturated carbocycles. The maximum absolute atomic E-state index is 12.1. The molecule has 3 aromatic rings. The molecule has 3 rings (SSSR count). The van der Waals surface area contributed by atoms with Crippen LogP contribution in [0, 0.1) is 0 Å². The Labute approximate surface area is 164 Å². The summed E-state index contributed by atoms with van der Waals surface area (Å²) in [6.07, 6.45) is 3.24. The lowest BCUT2D eigenvalue weighted by Crippen LogP contribution is -2.07. The molecule has 1 amide bonds. The standard InChI is InChI=1S/C19H17N3O3S2/c1-2-25-17(24)12-26-19-22-21-18(27-19)20-16(23)11-10-14-8-5-7-13-6-3-4-9-15(13)14/h3-11H,2,12H2,1H3,(H,20,21,23)/b11-10+. The number of thioether (sulfide) groups is 1. The van der Waals surface area contributed by atoms with Crippen molar-refractivity contribution in [3.63, 3.8) is 0 Å². The molecule has 0 radical (unpaired) electrons. The SMILES string of the molecule is CCOC(=O)CSc1nnc(NC(=O)/C=C/c2cccc3ccccc23)s1. The Hall–Kier alpha value is -2.71. The number of aromatic nitrogens is 2. The second-order valence-corrected chi connectivity index (χ2v) is 7.56. The molecule has 1 heterocycles. The molecule has 6 nitrogen and oxygen atoms in total. The quantitative estimate of drug-likeness (QED) is 0.280. The highest BCUT2D eigenvalue weighted by Gasteiger charge is 2.10. The molecule has 8 heteroatoms. The number of hydrogen-bond acceptors (Lipinski definition) is 7. The minimum Gasteiger partial charge on any atom is -0.465 e. The summed E-state index contributed by atoms with van der Waals surface area (Å²) in [6.45, 7) is 2.10. The van der Waals surface area contributed by atoms with E-state index in [-0.39, 0.29) is 17.6 Å². The van der Waals surface area contributed by atoms with Crippen molar-refractivity contribution < 1.29 is 14.3 Å². The van der Waals surface area contributed by atoms with Gasteiger partial charge in [0, 0.05) is 6.08 Å². The van der Waals surface area contributed by atoms with E-state index in [1.54, 1.807) is 13.0 Å². The van der Waals surface area contributed by atoms with Crippen LogP contribution in [-0.4, -0.2) is 34.4 Å². The monoisotopic (exact) mass is 399 g/mol. The molecule has 1 N–H and O–H groups in total. The van der Waals surface area contributed by atoms with Crippen LogP contribution in [-0.2, 0) is 14.3 Å². The van der Waals surface area contributed by atoms with Crippen molar-refractivity contribution in [1.29, 1.82) is 0 Å². The summed E-state index contributed by atoms with van der Waals surface area (Å²) in [5, 5.41) is 13.1. The van der Waals surface area contributed by atoms with Crippen LogP contribution in [0.15, 0.2) is 52.9 Å². The normalized spacial score (nSPS) is 11.0. The van der Waals surface area contributed by atoms with Crippen molar-refractivity contribution in [1.82, 2.24) is 10.2 Å². The van der Waals surface area contributed by atoms with Gasteiger partial charge in [-0.1, -0.05) is 65.6 Å². The van der Waals surface area contributed by atoms with E-state index in [2.05, 4.69) is 15.5 Å². The van der Waals surface area contributed by atoms with Gasteiger partial charge in [-0.2, -0.15) is 0 Å². The number of esters is 1. The molecule has 0 aliphatic carbocycles. The molecule has 0 spiro atoms. The highest BCUT2D eigenvalue weighted by atomic mass is 32.2. The second-order valence-electron chi connectivity index (χ2n) is 5.36. The van der Waals surface area contributed by atoms with Gasteiger partial charge in [0.25, 0.3) is 0 Å². The third-order valence-electron chi connectivity index (χ3n) is 3.49. The van der Waals surface area contributed by atoms with E-state index in [1.807, 2.05) is 42.5 Å². The zero-order valence-electron chi connectivity index (χ0n) is 14.5. The van der Waals surface area contributed by atoms with Gasteiger partial charge in [0.1, 0.15) is 0 Å². The van der Waals surface area contributed by atoms with Crippen molar-refractivity contribution in [2.75, 3.05) is 17.7 Å². The molecule has 2 aromatic carbocycles. The summed E-state index contributed by atoms with van der Waals surface area (Å²) in [7, 11) is 0. The number of carbonyl (C=O) groups excluding carboxylic acids is 2. The van der Waals surface area contributed by atoms with E-state index in [0.717, 1.165) is 16.3 Å². The number of ether oxygens (including phenoxy) is 1. The lowest BCUT2D eigenvalue weighted by atomic mass is 10.0. The lowest BCUT2D eigenvalue weighted by molar-refractivity contribution is -0.139. The number of amides is 1. The van der Waals surface area contributed by atoms with Crippen LogP contribution in [0.4, 0.5) is 5.13 Å². The first kappa shape index (κ1) is 19.1. The number of anilines is 1. The molecule has 0 atom stereocenters. The highest BCUT2D eigenvalue weighted by molar-refractivity contribution is 8.01. The van der Waals surface area contributed by atoms with Crippen LogP contribution in [0.3, 0.4) is 0 Å². The lowest BCUT2D eigenvalue weighted by Gasteiger charge is -2.01. The van der Waals surface area contributed by atoms with Gasteiger partial charge in [0.05, 0.1) is 12.4 Å². The van der Waals surface area contributed by atoms with Gasteiger partial charge in [-0.05, 0) is 29.3 Å². The zero-order chi connectivity index (χ0) is 19.1. The van der Waals surface area contributed by atoms with Crippen LogP contribution >= 0.6 is 23.1 Å². The van der Waals surface area contributed by atoms with E-state index in [9.17, 15) is 9.59 Å². The largest absolute Gasteiger partial charge is 0.465 e. The fraction of sp³-hybridized carbons (Fsp3) is 0.158. The number of fused-ring (bicyclic) bond motifs is 1. The van der Waals surface area contributed by atoms with Gasteiger partial charge in [-0.3, -0.25) is 14.9 Å². The first-order valence-electron chi connectivity index (χ1n) is 8.24. The fourth-order valence-electron chi connectivity index (χ4n) is 2.35. The number of rotatable bonds is 7. The second kappa shape index (κ2) is 9.29. The Bertz CT molecular complexity index is 980. The minimum atomic E-state index is -0.304. The van der Waals surface area contributed by atoms with Crippen molar-refractivity contribution >= 4 is 57.0 Å². The van der Waals surface area contributed by atoms with Gasteiger partial charge in [-0.15, -0.1) is 10.2 Å². The summed E-state index contributed by atoms with van der Waals surface area (Å²) < 4.78 is 5.45. The molecule has 27 heavy (non-hydrogen) atoms. The summed E-state index contributed by atoms with van der Waals surface area (Å²) in [6, 6.07) is 13.9. The number of benzene rings is 2. The third-order valence-corrected chi connectivity index (χ3v) is 5.44. The molecule has 1 aromatic heterocycles. The first-order chi connectivity index (χ1) is 13.2. The van der Waals surface area contributed by atoms with Crippen LogP contribution in [0.25, 0.3) is 16.8 Å². The molecule has 0 bridgehead atoms. The molecular weight excluding hydrogens is 382 g/mol. The van der Waals surface area contributed by atoms with Gasteiger partial charge < -0.3 is 4.74 Å². The van der Waals surface area contributed by atoms with Gasteiger partial charge in [0.15, 0.2) is 4.34 Å². The van der Waals surface area contributed by atoms with Gasteiger partial charge in [-0.25, -0.2) is 0 Å². The maximum Gasteiger partial charge on any atom is 0.316 e. The van der Waals surface area contributed by atoms with Crippen LogP contribution in [0.2, 0.25) is 0 Å². The third kappa shape index (κ3) is 5.38. The van der Waals surface area contributed by atoms with E-state index in [1.165, 1.54) is 29.2 Å². The summed E-state index contributed by atoms with van der Waals surface area (Å²) in [5.74, 6) is -0.431. The predicted molar refractivity (Wildman–Crippen MR) is 109 cm³/mol. The fourth-order valence-corrected chi connectivity index (χ4v) is 3.90. The average molecular weight is 399 g/mol. The van der Waals surface area contributed by atoms with Gasteiger partial charge >= 0.3 is 5.97 Å². The van der Waals surface area contributed by atoms with E-state index >= 15 is 0 Å². The van der Waals surface area contributed by atoms with E-state index in [4.69, 9.17) is 4.74 Å². The number of nitrogens with one attached hydrogen (secondary N) is 1. The smallest absolute Gasteiger partial charge is 0.316 e. The van der Waals surface area contributed by atoms with Crippen LogP contribution < -0.4 is 5.32 Å². The Balaban J connectivity index is 1.59. The maximum atomic E-state index is 12.1. The highest BCUT2D eigenvalue weighted by Crippen LogP contribution is 2.25. The minimum absolute atomic E-state index is 0.164. The van der Waals surface area contributed by atoms with Gasteiger partial charge in [0.2, 0.25) is 11.0 Å². The Morgan fingerprint density at radius 3 is 2.85 bits per heavy atom. The molecule has 0 aliphatic rings. The van der Waals surface area contributed by atoms with Crippen LogP contribution in [0.1, 0.15) is 12.5 Å². The van der Waals surface area contributed by atoms with E-state index in [0.29, 0.717) is 16.1 Å². The average Bonchev–Trinajstić information content (AvgIpc) is 3.12. The summed E-state index contributed by atoms with van der Waals surface area (Å²) >= 11 is 2.44. The Morgan fingerprint density at radius 2 is 2.00 bits per heavy atom. The molecule has 138 valence electrons. The summed E-state index contributed by atoms with van der Waals surface area (Å²) in [4.78, 5) is 23.5. The number of carbonyl (C=O) groups is 2. The van der Waals surface area contributed by atoms with Crippen LogP contribution in [0.5, 0.6) is 0 Å². The first-order valence-corrected chi connectivity index (χ1v) is 10.0. The molecular formula is C19H17N3O3S2. The van der Waals surface area contributed by atoms with Crippen molar-refractivity contribution in [3.8, 4) is 0 Å². The Morgan fingerprint density at radius 1 is 1.19 bits per heavy atom. The summed E-state index contributed by atoms with van der Waals surface area (Å²) in [5.41, 5.74) is 0.964. The Kier molecular flexibility index (Phi) is 6.56. The molecule has 0 saturated heterocycles. The number of nitrogens with zero attached hydrogens (tertiary/aromatic N) is 2. The number of hydrogen-bond donors (Lipinski definition) is 1. The van der Waals surface area contributed by atoms with E-state index < -0.39 is 0 Å². The molecule has 0 fully saturated rings. The van der Waals surface area contributed by atoms with Crippen molar-refractivity contribution in [2.45, 2.75) is 11.3 Å².